The molecule has 0 bridgehead atoms. The van der Waals surface area contributed by atoms with Crippen molar-refractivity contribution in [3.05, 3.63) is 39.8 Å². The molecule has 3 aromatic rings. The van der Waals surface area contributed by atoms with Crippen LogP contribution in [-0.2, 0) is 4.74 Å². The molecule has 2 aromatic heterocycles. The smallest absolute Gasteiger partial charge is 0.362 e. The fourth-order valence-corrected chi connectivity index (χ4v) is 2.63. The fraction of sp³-hybridized carbons (Fsp3) is 0.267. The van der Waals surface area contributed by atoms with E-state index in [1.165, 1.54) is 4.52 Å². The van der Waals surface area contributed by atoms with Gasteiger partial charge in [0, 0.05) is 12.1 Å². The summed E-state index contributed by atoms with van der Waals surface area (Å²) in [6.45, 7) is 3.37. The van der Waals surface area contributed by atoms with Gasteiger partial charge in [-0.25, -0.2) is 14.3 Å². The van der Waals surface area contributed by atoms with Gasteiger partial charge in [0.2, 0.25) is 5.69 Å². The van der Waals surface area contributed by atoms with E-state index in [9.17, 15) is 9.59 Å². The molecule has 9 heteroatoms. The number of H-pyrrole nitrogens is 1. The van der Waals surface area contributed by atoms with E-state index in [2.05, 4.69) is 25.4 Å². The monoisotopic (exact) mass is 326 g/mol. The molecule has 0 radical (unpaired) electrons. The Balaban J connectivity index is 1.89. The third kappa shape index (κ3) is 2.21. The van der Waals surface area contributed by atoms with Crippen LogP contribution in [0.3, 0.4) is 0 Å². The van der Waals surface area contributed by atoms with Crippen LogP contribution in [0.2, 0.25) is 0 Å². The maximum absolute atomic E-state index is 12.1. The molecular formula is C15H14N6O3. The van der Waals surface area contributed by atoms with E-state index in [0.717, 1.165) is 24.5 Å². The Bertz CT molecular complexity index is 1050. The number of hydrogen-bond acceptors (Lipinski definition) is 7. The first-order valence-electron chi connectivity index (χ1n) is 7.55. The fourth-order valence-electron chi connectivity index (χ4n) is 2.63. The van der Waals surface area contributed by atoms with Crippen LogP contribution in [0.1, 0.15) is 23.0 Å². The first-order valence-corrected chi connectivity index (χ1v) is 7.55. The quantitative estimate of drug-likeness (QED) is 0.660. The third-order valence-corrected chi connectivity index (χ3v) is 3.69. The number of esters is 1. The van der Waals surface area contributed by atoms with Crippen LogP contribution in [0.4, 0.5) is 0 Å². The number of imidazole rings is 1. The number of nitrogens with one attached hydrogen (secondary N) is 2. The molecular weight excluding hydrogens is 312 g/mol. The molecule has 4 rings (SSSR count). The van der Waals surface area contributed by atoms with Gasteiger partial charge >= 0.3 is 5.97 Å². The number of hydrogen-bond donors (Lipinski definition) is 2. The predicted octanol–water partition coefficient (Wildman–Crippen LogP) is 0.0973. The number of nitrogens with zero attached hydrogens (tertiary/aromatic N) is 4. The van der Waals surface area contributed by atoms with E-state index < -0.39 is 11.5 Å². The van der Waals surface area contributed by atoms with E-state index in [4.69, 9.17) is 4.74 Å². The number of aliphatic imine (C=N–C) groups is 1. The topological polar surface area (TPSA) is 114 Å². The van der Waals surface area contributed by atoms with Crippen molar-refractivity contribution in [3.8, 4) is 0 Å². The molecule has 0 saturated carbocycles. The number of fused-ring (bicyclic) bond motifs is 3. The van der Waals surface area contributed by atoms with Crippen LogP contribution >= 0.6 is 0 Å². The van der Waals surface area contributed by atoms with Gasteiger partial charge in [-0.05, 0) is 25.1 Å². The summed E-state index contributed by atoms with van der Waals surface area (Å²) in [4.78, 5) is 36.7. The van der Waals surface area contributed by atoms with E-state index >= 15 is 0 Å². The number of ether oxygens (including phenoxy) is 1. The van der Waals surface area contributed by atoms with Crippen molar-refractivity contribution in [1.82, 2.24) is 24.9 Å². The largest absolute Gasteiger partial charge is 0.461 e. The van der Waals surface area contributed by atoms with E-state index in [0.29, 0.717) is 11.0 Å². The summed E-state index contributed by atoms with van der Waals surface area (Å²) < 4.78 is 6.29. The van der Waals surface area contributed by atoms with E-state index in [1.54, 1.807) is 6.92 Å². The number of aromatic nitrogens is 4. The Morgan fingerprint density at radius 3 is 3.00 bits per heavy atom. The zero-order valence-corrected chi connectivity index (χ0v) is 12.9. The second kappa shape index (κ2) is 5.44. The van der Waals surface area contributed by atoms with Crippen LogP contribution in [0.15, 0.2) is 28.0 Å². The molecule has 0 atom stereocenters. The average Bonchev–Trinajstić information content (AvgIpc) is 3.21. The first kappa shape index (κ1) is 14.4. The SMILES string of the molecule is CCOC(=O)c1nc2nc3ccc(C4=NCCN4)cc3n2[nH]c1=O. The lowest BCUT2D eigenvalue weighted by Crippen LogP contribution is -2.24. The highest BCUT2D eigenvalue weighted by Gasteiger charge is 2.18. The summed E-state index contributed by atoms with van der Waals surface area (Å²) in [6, 6.07) is 5.59. The molecule has 0 unspecified atom stereocenters. The number of carbonyl (C=O) groups excluding carboxylic acids is 1. The molecule has 3 heterocycles. The molecule has 0 fully saturated rings. The van der Waals surface area contributed by atoms with Crippen molar-refractivity contribution >= 4 is 28.6 Å². The maximum Gasteiger partial charge on any atom is 0.362 e. The van der Waals surface area contributed by atoms with Gasteiger partial charge in [-0.1, -0.05) is 0 Å². The Hall–Kier alpha value is -3.23. The molecule has 9 nitrogen and oxygen atoms in total. The second-order valence-electron chi connectivity index (χ2n) is 5.23. The highest BCUT2D eigenvalue weighted by molar-refractivity contribution is 6.02. The van der Waals surface area contributed by atoms with Gasteiger partial charge in [0.05, 0.1) is 24.2 Å². The van der Waals surface area contributed by atoms with Crippen LogP contribution in [0, 0.1) is 0 Å². The minimum atomic E-state index is -0.765. The Morgan fingerprint density at radius 2 is 2.25 bits per heavy atom. The van der Waals surface area contributed by atoms with Crippen LogP contribution in [0.5, 0.6) is 0 Å². The molecule has 0 aliphatic carbocycles. The molecule has 24 heavy (non-hydrogen) atoms. The third-order valence-electron chi connectivity index (χ3n) is 3.69. The van der Waals surface area contributed by atoms with Crippen molar-refractivity contribution in [3.63, 3.8) is 0 Å². The van der Waals surface area contributed by atoms with E-state index in [1.807, 2.05) is 18.2 Å². The van der Waals surface area contributed by atoms with Crippen molar-refractivity contribution < 1.29 is 9.53 Å². The lowest BCUT2D eigenvalue weighted by molar-refractivity contribution is 0.0517. The van der Waals surface area contributed by atoms with E-state index in [-0.39, 0.29) is 18.1 Å². The Kier molecular flexibility index (Phi) is 3.26. The summed E-state index contributed by atoms with van der Waals surface area (Å²) in [5.41, 5.74) is 1.31. The first-order chi connectivity index (χ1) is 11.7. The highest BCUT2D eigenvalue weighted by Crippen LogP contribution is 2.17. The number of rotatable bonds is 3. The normalized spacial score (nSPS) is 14.0. The summed E-state index contributed by atoms with van der Waals surface area (Å²) in [6.07, 6.45) is 0. The number of benzene rings is 1. The minimum absolute atomic E-state index is 0.167. The van der Waals surface area contributed by atoms with Gasteiger partial charge in [0.25, 0.3) is 11.3 Å². The predicted molar refractivity (Wildman–Crippen MR) is 86.5 cm³/mol. The molecule has 1 aromatic carbocycles. The molecule has 2 N–H and O–H groups in total. The number of amidine groups is 1. The van der Waals surface area contributed by atoms with Gasteiger partial charge in [-0.15, -0.1) is 0 Å². The summed E-state index contributed by atoms with van der Waals surface area (Å²) in [5.74, 6) is 0.273. The standard InChI is InChI=1S/C15H14N6O3/c1-2-24-14(23)11-13(22)20-21-10-7-8(12-16-5-6-17-12)3-4-9(10)18-15(21)19-11/h3-4,7H,2,5-6H2,1H3,(H,16,17)(H,20,22). The number of aromatic amines is 1. The van der Waals surface area contributed by atoms with Crippen molar-refractivity contribution in [2.45, 2.75) is 6.92 Å². The van der Waals surface area contributed by atoms with Crippen LogP contribution < -0.4 is 10.9 Å². The zero-order valence-electron chi connectivity index (χ0n) is 12.9. The molecule has 0 spiro atoms. The molecule has 0 saturated heterocycles. The van der Waals surface area contributed by atoms with Gasteiger partial charge in [-0.2, -0.15) is 4.98 Å². The maximum atomic E-state index is 12.1. The second-order valence-corrected chi connectivity index (χ2v) is 5.23. The Labute approximate surface area is 135 Å². The average molecular weight is 326 g/mol. The zero-order chi connectivity index (χ0) is 16.7. The van der Waals surface area contributed by atoms with Gasteiger partial charge in [-0.3, -0.25) is 14.9 Å². The lowest BCUT2D eigenvalue weighted by Gasteiger charge is -2.03. The van der Waals surface area contributed by atoms with Crippen LogP contribution in [0.25, 0.3) is 16.8 Å². The lowest BCUT2D eigenvalue weighted by atomic mass is 10.2. The van der Waals surface area contributed by atoms with Gasteiger partial charge in [0.15, 0.2) is 0 Å². The number of carbonyl (C=O) groups is 1. The molecule has 1 aliphatic rings. The van der Waals surface area contributed by atoms with Crippen LogP contribution in [-0.4, -0.2) is 51.1 Å². The molecule has 1 aliphatic heterocycles. The summed E-state index contributed by atoms with van der Waals surface area (Å²) >= 11 is 0. The van der Waals surface area contributed by atoms with Gasteiger partial charge in [0.1, 0.15) is 5.84 Å². The molecule has 122 valence electrons. The summed E-state index contributed by atoms with van der Waals surface area (Å²) in [5, 5.41) is 5.81. The Morgan fingerprint density at radius 1 is 1.38 bits per heavy atom. The highest BCUT2D eigenvalue weighted by atomic mass is 16.5. The van der Waals surface area contributed by atoms with Gasteiger partial charge < -0.3 is 10.1 Å². The minimum Gasteiger partial charge on any atom is -0.461 e. The van der Waals surface area contributed by atoms with Crippen molar-refractivity contribution in [2.24, 2.45) is 4.99 Å². The van der Waals surface area contributed by atoms with Crippen molar-refractivity contribution in [1.29, 1.82) is 0 Å². The molecule has 0 amide bonds. The summed E-state index contributed by atoms with van der Waals surface area (Å²) in [7, 11) is 0. The van der Waals surface area contributed by atoms with Crippen molar-refractivity contribution in [2.75, 3.05) is 19.7 Å².